The van der Waals surface area contributed by atoms with Crippen molar-refractivity contribution in [3.8, 4) is 0 Å². The zero-order valence-corrected chi connectivity index (χ0v) is 19.3. The summed E-state index contributed by atoms with van der Waals surface area (Å²) in [6.07, 6.45) is 2.04. The van der Waals surface area contributed by atoms with Crippen molar-refractivity contribution < 1.29 is 15.0 Å². The quantitative estimate of drug-likeness (QED) is 0.550. The van der Waals surface area contributed by atoms with Gasteiger partial charge in [0, 0.05) is 36.2 Å². The molecule has 1 aromatic heterocycles. The van der Waals surface area contributed by atoms with E-state index in [1.165, 1.54) is 4.88 Å². The number of hydrogen-bond acceptors (Lipinski definition) is 6. The minimum atomic E-state index is -0.590. The number of amides is 1. The van der Waals surface area contributed by atoms with Crippen molar-refractivity contribution in [2.45, 2.75) is 58.1 Å². The van der Waals surface area contributed by atoms with Crippen LogP contribution in [0.15, 0.2) is 30.3 Å². The lowest BCUT2D eigenvalue weighted by atomic mass is 9.47. The normalized spacial score (nSPS) is 32.1. The van der Waals surface area contributed by atoms with E-state index in [9.17, 15) is 15.0 Å². The maximum atomic E-state index is 13.0. The first-order valence-electron chi connectivity index (χ1n) is 11.1. The highest BCUT2D eigenvalue weighted by molar-refractivity contribution is 7.15. The summed E-state index contributed by atoms with van der Waals surface area (Å²) in [5, 5.41) is 28.2. The molecule has 0 aliphatic heterocycles. The molecule has 1 fully saturated rings. The lowest BCUT2D eigenvalue weighted by molar-refractivity contribution is -0.144. The van der Waals surface area contributed by atoms with Crippen LogP contribution in [0.5, 0.6) is 0 Å². The fraction of sp³-hybridized carbons (Fsp3) is 0.583. The number of carbonyl (C=O) groups is 1. The first-order valence-corrected chi connectivity index (χ1v) is 11.9. The van der Waals surface area contributed by atoms with Gasteiger partial charge in [0.05, 0.1) is 18.4 Å². The van der Waals surface area contributed by atoms with E-state index in [0.717, 1.165) is 29.2 Å². The molecule has 5 atom stereocenters. The SMILES string of the molecule is CNc1nc2c(s1)CC1C(C)(CO)C(O)CCC1(C)C2CC(=O)NCc1ccccc1. The summed E-state index contributed by atoms with van der Waals surface area (Å²) in [5.74, 6) is 0.0459. The monoisotopic (exact) mass is 443 g/mol. The number of thiazole rings is 1. The molecule has 2 aliphatic rings. The van der Waals surface area contributed by atoms with Gasteiger partial charge >= 0.3 is 0 Å². The van der Waals surface area contributed by atoms with Gasteiger partial charge in [-0.3, -0.25) is 4.79 Å². The van der Waals surface area contributed by atoms with Crippen LogP contribution in [-0.4, -0.2) is 40.9 Å². The molecule has 6 nitrogen and oxygen atoms in total. The van der Waals surface area contributed by atoms with Crippen molar-refractivity contribution in [2.24, 2.45) is 16.7 Å². The molecule has 0 bridgehead atoms. The van der Waals surface area contributed by atoms with Crippen LogP contribution in [0.2, 0.25) is 0 Å². The Hall–Kier alpha value is -1.96. The smallest absolute Gasteiger partial charge is 0.220 e. The standard InChI is InChI=1S/C24H33N3O3S/c1-23-10-9-19(29)24(2,14-28)18(23)12-17-21(27-22(25-3)31-17)16(23)11-20(30)26-13-15-7-5-4-6-8-15/h4-8,16,18-19,28-29H,9-14H2,1-3H3,(H,25,27)(H,26,30). The maximum absolute atomic E-state index is 13.0. The van der Waals surface area contributed by atoms with Gasteiger partial charge in [0.2, 0.25) is 5.91 Å². The summed E-state index contributed by atoms with van der Waals surface area (Å²) in [4.78, 5) is 19.1. The van der Waals surface area contributed by atoms with E-state index in [-0.39, 0.29) is 29.8 Å². The molecule has 168 valence electrons. The number of nitrogens with one attached hydrogen (secondary N) is 2. The highest BCUT2D eigenvalue weighted by Crippen LogP contribution is 2.62. The largest absolute Gasteiger partial charge is 0.396 e. The molecule has 1 amide bonds. The van der Waals surface area contributed by atoms with Gasteiger partial charge in [0.25, 0.3) is 0 Å². The third-order valence-corrected chi connectivity index (χ3v) is 8.94. The summed E-state index contributed by atoms with van der Waals surface area (Å²) < 4.78 is 0. The summed E-state index contributed by atoms with van der Waals surface area (Å²) in [7, 11) is 1.86. The highest BCUT2D eigenvalue weighted by atomic mass is 32.1. The van der Waals surface area contributed by atoms with Crippen molar-refractivity contribution in [3.63, 3.8) is 0 Å². The fourth-order valence-corrected chi connectivity index (χ4v) is 6.83. The number of aliphatic hydroxyl groups excluding tert-OH is 2. The number of aliphatic hydroxyl groups is 2. The number of hydrogen-bond donors (Lipinski definition) is 4. The molecule has 5 unspecified atom stereocenters. The zero-order chi connectivity index (χ0) is 22.2. The Morgan fingerprint density at radius 1 is 1.29 bits per heavy atom. The number of rotatable bonds is 6. The molecule has 1 heterocycles. The van der Waals surface area contributed by atoms with Gasteiger partial charge in [-0.2, -0.15) is 0 Å². The van der Waals surface area contributed by atoms with Gasteiger partial charge in [-0.15, -0.1) is 11.3 Å². The van der Waals surface area contributed by atoms with E-state index < -0.39 is 11.5 Å². The second-order valence-electron chi connectivity index (χ2n) is 9.58. The Kier molecular flexibility index (Phi) is 6.12. The van der Waals surface area contributed by atoms with E-state index in [1.54, 1.807) is 11.3 Å². The van der Waals surface area contributed by atoms with Crippen molar-refractivity contribution in [1.82, 2.24) is 10.3 Å². The second kappa shape index (κ2) is 8.52. The predicted octanol–water partition coefficient (Wildman–Crippen LogP) is 3.31. The van der Waals surface area contributed by atoms with Crippen molar-refractivity contribution in [1.29, 1.82) is 0 Å². The third-order valence-electron chi connectivity index (χ3n) is 7.83. The van der Waals surface area contributed by atoms with E-state index in [4.69, 9.17) is 4.98 Å². The summed E-state index contributed by atoms with van der Waals surface area (Å²) >= 11 is 1.63. The van der Waals surface area contributed by atoms with Gasteiger partial charge in [-0.25, -0.2) is 4.98 Å². The lowest BCUT2D eigenvalue weighted by Crippen LogP contribution is -2.57. The third kappa shape index (κ3) is 3.88. The van der Waals surface area contributed by atoms with Crippen LogP contribution < -0.4 is 10.6 Å². The zero-order valence-electron chi connectivity index (χ0n) is 18.5. The first-order chi connectivity index (χ1) is 14.8. The topological polar surface area (TPSA) is 94.5 Å². The first kappa shape index (κ1) is 22.2. The molecule has 2 aromatic rings. The van der Waals surface area contributed by atoms with E-state index in [2.05, 4.69) is 17.6 Å². The Labute approximate surface area is 188 Å². The Balaban J connectivity index is 1.64. The molecule has 0 radical (unpaired) electrons. The van der Waals surface area contributed by atoms with Crippen LogP contribution in [0.1, 0.15) is 55.2 Å². The molecule has 4 rings (SSSR count). The number of carbonyl (C=O) groups excluding carboxylic acids is 1. The number of fused-ring (bicyclic) bond motifs is 2. The maximum Gasteiger partial charge on any atom is 0.220 e. The lowest BCUT2D eigenvalue weighted by Gasteiger charge is -2.58. The predicted molar refractivity (Wildman–Crippen MR) is 123 cm³/mol. The average Bonchev–Trinajstić information content (AvgIpc) is 3.20. The van der Waals surface area contributed by atoms with Crippen LogP contribution in [0.3, 0.4) is 0 Å². The molecule has 31 heavy (non-hydrogen) atoms. The fourth-order valence-electron chi connectivity index (χ4n) is 5.81. The highest BCUT2D eigenvalue weighted by Gasteiger charge is 2.59. The Morgan fingerprint density at radius 3 is 2.71 bits per heavy atom. The number of anilines is 1. The average molecular weight is 444 g/mol. The summed E-state index contributed by atoms with van der Waals surface area (Å²) in [6.45, 7) is 4.67. The van der Waals surface area contributed by atoms with Gasteiger partial charge in [0.1, 0.15) is 0 Å². The molecule has 0 saturated heterocycles. The van der Waals surface area contributed by atoms with Gasteiger partial charge < -0.3 is 20.8 Å². The number of benzene rings is 1. The van der Waals surface area contributed by atoms with Crippen LogP contribution >= 0.6 is 11.3 Å². The Bertz CT molecular complexity index is 933. The molecule has 2 aliphatic carbocycles. The minimum Gasteiger partial charge on any atom is -0.396 e. The van der Waals surface area contributed by atoms with E-state index in [1.807, 2.05) is 44.3 Å². The Morgan fingerprint density at radius 2 is 2.03 bits per heavy atom. The molecule has 1 saturated carbocycles. The van der Waals surface area contributed by atoms with Gasteiger partial charge in [-0.1, -0.05) is 44.2 Å². The van der Waals surface area contributed by atoms with E-state index in [0.29, 0.717) is 19.4 Å². The second-order valence-corrected chi connectivity index (χ2v) is 10.7. The molecule has 0 spiro atoms. The molecular weight excluding hydrogens is 410 g/mol. The molecule has 4 N–H and O–H groups in total. The number of nitrogens with zero attached hydrogens (tertiary/aromatic N) is 1. The van der Waals surface area contributed by atoms with Gasteiger partial charge in [-0.05, 0) is 36.2 Å². The summed E-state index contributed by atoms with van der Waals surface area (Å²) in [6, 6.07) is 9.92. The van der Waals surface area contributed by atoms with Crippen LogP contribution in [0.4, 0.5) is 5.13 Å². The van der Waals surface area contributed by atoms with E-state index >= 15 is 0 Å². The minimum absolute atomic E-state index is 0.0116. The molecule has 1 aromatic carbocycles. The number of aromatic nitrogens is 1. The van der Waals surface area contributed by atoms with Crippen LogP contribution in [0, 0.1) is 16.7 Å². The van der Waals surface area contributed by atoms with Crippen LogP contribution in [0.25, 0.3) is 0 Å². The van der Waals surface area contributed by atoms with Crippen molar-refractivity contribution in [2.75, 3.05) is 19.0 Å². The molecular formula is C24H33N3O3S. The van der Waals surface area contributed by atoms with Crippen molar-refractivity contribution in [3.05, 3.63) is 46.5 Å². The molecule has 7 heteroatoms. The van der Waals surface area contributed by atoms with Gasteiger partial charge in [0.15, 0.2) is 5.13 Å². The van der Waals surface area contributed by atoms with Crippen LogP contribution in [-0.2, 0) is 17.8 Å². The van der Waals surface area contributed by atoms with Crippen molar-refractivity contribution >= 4 is 22.4 Å². The summed E-state index contributed by atoms with van der Waals surface area (Å²) in [5.41, 5.74) is 1.28.